The molecule has 0 atom stereocenters. The van der Waals surface area contributed by atoms with Gasteiger partial charge in [-0.25, -0.2) is 14.2 Å². The fraction of sp³-hybridized carbons (Fsp3) is 0.412. The van der Waals surface area contributed by atoms with Crippen LogP contribution in [0.5, 0.6) is 0 Å². The van der Waals surface area contributed by atoms with Gasteiger partial charge in [-0.3, -0.25) is 0 Å². The van der Waals surface area contributed by atoms with E-state index in [4.69, 9.17) is 0 Å². The van der Waals surface area contributed by atoms with Gasteiger partial charge in [0, 0.05) is 28.9 Å². The average molecular weight is 335 g/mol. The Bertz CT molecular complexity index is 674. The van der Waals surface area contributed by atoms with Gasteiger partial charge in [-0.1, -0.05) is 0 Å². The fourth-order valence-corrected chi connectivity index (χ4v) is 3.12. The summed E-state index contributed by atoms with van der Waals surface area (Å²) in [6, 6.07) is 6.16. The van der Waals surface area contributed by atoms with Gasteiger partial charge in [-0.05, 0) is 52.0 Å². The third kappa shape index (κ3) is 5.32. The molecule has 1 aromatic carbocycles. The van der Waals surface area contributed by atoms with E-state index >= 15 is 0 Å². The highest BCUT2D eigenvalue weighted by Gasteiger charge is 2.14. The third-order valence-electron chi connectivity index (χ3n) is 3.11. The van der Waals surface area contributed by atoms with Gasteiger partial charge in [0.05, 0.1) is 5.69 Å². The average Bonchev–Trinajstić information content (AvgIpc) is 2.79. The number of rotatable bonds is 4. The zero-order chi connectivity index (χ0) is 17.0. The van der Waals surface area contributed by atoms with Crippen LogP contribution in [0.15, 0.2) is 24.3 Å². The minimum Gasteiger partial charge on any atom is -0.338 e. The van der Waals surface area contributed by atoms with E-state index in [1.165, 1.54) is 12.1 Å². The van der Waals surface area contributed by atoms with Gasteiger partial charge in [-0.2, -0.15) is 0 Å². The standard InChI is InChI=1S/C17H22FN3OS/c1-11-14(9-10-19-16(22)21-17(2,3)4)23-15(20-11)12-5-7-13(18)8-6-12/h5-8H,9-10H2,1-4H3,(H2,19,21,22). The predicted molar refractivity (Wildman–Crippen MR) is 92.2 cm³/mol. The minimum atomic E-state index is -0.253. The van der Waals surface area contributed by atoms with Crippen molar-refractivity contribution in [2.24, 2.45) is 0 Å². The summed E-state index contributed by atoms with van der Waals surface area (Å²) in [5.74, 6) is -0.253. The van der Waals surface area contributed by atoms with Gasteiger partial charge in [0.1, 0.15) is 10.8 Å². The number of halogens is 1. The minimum absolute atomic E-state index is 0.168. The molecular weight excluding hydrogens is 313 g/mol. The number of aromatic nitrogens is 1. The van der Waals surface area contributed by atoms with Gasteiger partial charge in [-0.15, -0.1) is 11.3 Å². The van der Waals surface area contributed by atoms with Crippen molar-refractivity contribution in [1.29, 1.82) is 0 Å². The second kappa shape index (κ2) is 7.08. The van der Waals surface area contributed by atoms with Crippen molar-refractivity contribution in [2.75, 3.05) is 6.54 Å². The molecule has 1 heterocycles. The van der Waals surface area contributed by atoms with Crippen LogP contribution in [-0.4, -0.2) is 23.1 Å². The molecule has 2 N–H and O–H groups in total. The fourth-order valence-electron chi connectivity index (χ4n) is 2.05. The van der Waals surface area contributed by atoms with Gasteiger partial charge in [0.25, 0.3) is 0 Å². The summed E-state index contributed by atoms with van der Waals surface area (Å²) in [6.07, 6.45) is 0.724. The molecule has 2 rings (SSSR count). The Labute approximate surface area is 140 Å². The maximum absolute atomic E-state index is 13.0. The highest BCUT2D eigenvalue weighted by Crippen LogP contribution is 2.28. The van der Waals surface area contributed by atoms with Gasteiger partial charge >= 0.3 is 6.03 Å². The number of carbonyl (C=O) groups is 1. The molecule has 0 radical (unpaired) electrons. The smallest absolute Gasteiger partial charge is 0.315 e. The number of nitrogens with one attached hydrogen (secondary N) is 2. The first kappa shape index (κ1) is 17.4. The number of hydrogen-bond donors (Lipinski definition) is 2. The van der Waals surface area contributed by atoms with E-state index in [1.807, 2.05) is 27.7 Å². The van der Waals surface area contributed by atoms with Crippen molar-refractivity contribution >= 4 is 17.4 Å². The number of amides is 2. The van der Waals surface area contributed by atoms with Crippen molar-refractivity contribution in [3.05, 3.63) is 40.7 Å². The molecule has 2 aromatic rings. The maximum atomic E-state index is 13.0. The van der Waals surface area contributed by atoms with Crippen molar-refractivity contribution in [2.45, 2.75) is 39.7 Å². The Kier molecular flexibility index (Phi) is 5.36. The highest BCUT2D eigenvalue weighted by atomic mass is 32.1. The topological polar surface area (TPSA) is 54.0 Å². The van der Waals surface area contributed by atoms with Crippen LogP contribution in [0.3, 0.4) is 0 Å². The molecule has 0 fully saturated rings. The summed E-state index contributed by atoms with van der Waals surface area (Å²) in [4.78, 5) is 17.4. The van der Waals surface area contributed by atoms with Crippen LogP contribution in [0, 0.1) is 12.7 Å². The first-order chi connectivity index (χ1) is 10.7. The summed E-state index contributed by atoms with van der Waals surface area (Å²) < 4.78 is 13.0. The lowest BCUT2D eigenvalue weighted by Crippen LogP contribution is -2.46. The van der Waals surface area contributed by atoms with Crippen molar-refractivity contribution in [3.8, 4) is 10.6 Å². The van der Waals surface area contributed by atoms with E-state index < -0.39 is 0 Å². The molecule has 0 spiro atoms. The normalized spacial score (nSPS) is 11.3. The van der Waals surface area contributed by atoms with Crippen LogP contribution < -0.4 is 10.6 Å². The van der Waals surface area contributed by atoms with Crippen LogP contribution in [0.25, 0.3) is 10.6 Å². The second-order valence-electron chi connectivity index (χ2n) is 6.42. The molecule has 6 heteroatoms. The van der Waals surface area contributed by atoms with Crippen LogP contribution in [0.4, 0.5) is 9.18 Å². The number of urea groups is 1. The van der Waals surface area contributed by atoms with Crippen LogP contribution in [0.2, 0.25) is 0 Å². The molecule has 0 aliphatic heterocycles. The molecule has 0 bridgehead atoms. The quantitative estimate of drug-likeness (QED) is 0.890. The van der Waals surface area contributed by atoms with Gasteiger partial charge < -0.3 is 10.6 Å². The predicted octanol–water partition coefficient (Wildman–Crippen LogP) is 3.90. The van der Waals surface area contributed by atoms with Crippen LogP contribution in [0.1, 0.15) is 31.3 Å². The van der Waals surface area contributed by atoms with Crippen LogP contribution >= 0.6 is 11.3 Å². The summed E-state index contributed by atoms with van der Waals surface area (Å²) in [5.41, 5.74) is 1.61. The van der Waals surface area contributed by atoms with E-state index in [2.05, 4.69) is 15.6 Å². The monoisotopic (exact) mass is 335 g/mol. The SMILES string of the molecule is Cc1nc(-c2ccc(F)cc2)sc1CCNC(=O)NC(C)(C)C. The number of aryl methyl sites for hydroxylation is 1. The Morgan fingerprint density at radius 2 is 1.91 bits per heavy atom. The molecule has 0 aliphatic rings. The van der Waals surface area contributed by atoms with E-state index in [0.29, 0.717) is 6.54 Å². The molecule has 0 aliphatic carbocycles. The largest absolute Gasteiger partial charge is 0.338 e. The lowest BCUT2D eigenvalue weighted by Gasteiger charge is -2.20. The zero-order valence-corrected chi connectivity index (χ0v) is 14.7. The van der Waals surface area contributed by atoms with Crippen molar-refractivity contribution in [1.82, 2.24) is 15.6 Å². The first-order valence-corrected chi connectivity index (χ1v) is 8.34. The number of hydrogen-bond acceptors (Lipinski definition) is 3. The van der Waals surface area contributed by atoms with E-state index in [1.54, 1.807) is 23.5 Å². The summed E-state index contributed by atoms with van der Waals surface area (Å²) in [5, 5.41) is 6.58. The Hall–Kier alpha value is -1.95. The van der Waals surface area contributed by atoms with E-state index in [-0.39, 0.29) is 17.4 Å². The molecule has 4 nitrogen and oxygen atoms in total. The van der Waals surface area contributed by atoms with Crippen LogP contribution in [-0.2, 0) is 6.42 Å². The second-order valence-corrected chi connectivity index (χ2v) is 7.50. The molecule has 23 heavy (non-hydrogen) atoms. The van der Waals surface area contributed by atoms with E-state index in [9.17, 15) is 9.18 Å². The Morgan fingerprint density at radius 3 is 2.52 bits per heavy atom. The summed E-state index contributed by atoms with van der Waals surface area (Å²) in [6.45, 7) is 8.32. The Balaban J connectivity index is 1.94. The summed E-state index contributed by atoms with van der Waals surface area (Å²) in [7, 11) is 0. The first-order valence-electron chi connectivity index (χ1n) is 7.53. The highest BCUT2D eigenvalue weighted by molar-refractivity contribution is 7.15. The number of benzene rings is 1. The van der Waals surface area contributed by atoms with E-state index in [0.717, 1.165) is 27.6 Å². The number of nitrogens with zero attached hydrogens (tertiary/aromatic N) is 1. The van der Waals surface area contributed by atoms with Gasteiger partial charge in [0.15, 0.2) is 0 Å². The zero-order valence-electron chi connectivity index (χ0n) is 13.9. The van der Waals surface area contributed by atoms with Crippen molar-refractivity contribution < 1.29 is 9.18 Å². The maximum Gasteiger partial charge on any atom is 0.315 e. The molecule has 0 unspecified atom stereocenters. The molecular formula is C17H22FN3OS. The number of carbonyl (C=O) groups excluding carboxylic acids is 1. The lowest BCUT2D eigenvalue weighted by molar-refractivity contribution is 0.232. The Morgan fingerprint density at radius 1 is 1.26 bits per heavy atom. The summed E-state index contributed by atoms with van der Waals surface area (Å²) >= 11 is 1.58. The molecule has 2 amide bonds. The number of thiazole rings is 1. The molecule has 0 saturated heterocycles. The molecule has 124 valence electrons. The van der Waals surface area contributed by atoms with Crippen molar-refractivity contribution in [3.63, 3.8) is 0 Å². The third-order valence-corrected chi connectivity index (χ3v) is 4.38. The molecule has 1 aromatic heterocycles. The van der Waals surface area contributed by atoms with Gasteiger partial charge in [0.2, 0.25) is 0 Å². The lowest BCUT2D eigenvalue weighted by atomic mass is 10.1. The molecule has 0 saturated carbocycles.